The second kappa shape index (κ2) is 16.4. The average molecular weight is 807 g/mol. The summed E-state index contributed by atoms with van der Waals surface area (Å²) < 4.78 is 13.4. The number of para-hydroxylation sites is 5. The molecule has 0 spiro atoms. The van der Waals surface area contributed by atoms with Crippen LogP contribution in [0.4, 0.5) is 5.69 Å². The average Bonchev–Trinajstić information content (AvgIpc) is 3.81. The highest BCUT2D eigenvalue weighted by Gasteiger charge is 2.14. The molecule has 0 saturated heterocycles. The van der Waals surface area contributed by atoms with Gasteiger partial charge in [-0.2, -0.15) is 0 Å². The fourth-order valence-electron chi connectivity index (χ4n) is 7.61. The predicted octanol–water partition coefficient (Wildman–Crippen LogP) is 15.4. The summed E-state index contributed by atoms with van der Waals surface area (Å²) in [7, 11) is 0. The smallest absolute Gasteiger partial charge is 0.143 e. The molecule has 0 amide bonds. The topological polar surface area (TPSA) is 52.3 Å². The minimum Gasteiger partial charge on any atom is -0.455 e. The maximum atomic E-state index is 6.23. The first-order valence-electron chi connectivity index (χ1n) is 19.3. The van der Waals surface area contributed by atoms with E-state index < -0.39 is 0 Å². The van der Waals surface area contributed by atoms with E-state index in [0.29, 0.717) is 0 Å². The highest BCUT2D eigenvalue weighted by atomic mass is 79.9. The van der Waals surface area contributed by atoms with Crippen LogP contribution in [0.3, 0.4) is 0 Å². The Bertz CT molecular complexity index is 2980. The summed E-state index contributed by atoms with van der Waals surface area (Å²) in [6, 6.07) is 58.8. The molecule has 10 aromatic rings. The zero-order valence-electron chi connectivity index (χ0n) is 32.6. The molecule has 0 fully saturated rings. The van der Waals surface area contributed by atoms with E-state index in [0.717, 1.165) is 72.1 Å². The Kier molecular flexibility index (Phi) is 10.8. The van der Waals surface area contributed by atoms with Crippen molar-refractivity contribution in [3.05, 3.63) is 208 Å². The van der Waals surface area contributed by atoms with E-state index in [1.807, 2.05) is 74.5 Å². The third-order valence-corrected chi connectivity index (χ3v) is 11.2. The molecule has 2 N–H and O–H groups in total. The highest BCUT2D eigenvalue weighted by molar-refractivity contribution is 9.10. The minimum absolute atomic E-state index is 0.914. The lowest BCUT2D eigenvalue weighted by Gasteiger charge is -2.11. The fraction of sp³-hybridized carbons (Fsp3) is 0.0943. The number of halogens is 1. The number of nitrogens with two attached hydrogens (primary N) is 1. The van der Waals surface area contributed by atoms with Gasteiger partial charge >= 0.3 is 0 Å². The Morgan fingerprint density at radius 2 is 0.877 bits per heavy atom. The molecule has 0 aliphatic carbocycles. The number of hydrogen-bond acceptors (Lipinski definition) is 3. The van der Waals surface area contributed by atoms with Crippen LogP contribution >= 0.6 is 15.9 Å². The van der Waals surface area contributed by atoms with Crippen molar-refractivity contribution >= 4 is 65.5 Å². The van der Waals surface area contributed by atoms with E-state index >= 15 is 0 Å². The molecule has 0 atom stereocenters. The van der Waals surface area contributed by atoms with E-state index in [1.54, 1.807) is 0 Å². The van der Waals surface area contributed by atoms with Crippen molar-refractivity contribution < 1.29 is 8.83 Å². The van der Waals surface area contributed by atoms with Crippen molar-refractivity contribution in [3.8, 4) is 22.3 Å². The zero-order valence-corrected chi connectivity index (χ0v) is 34.2. The number of anilines is 1. The molecule has 280 valence electrons. The van der Waals surface area contributed by atoms with E-state index in [4.69, 9.17) is 14.6 Å². The predicted molar refractivity (Wildman–Crippen MR) is 245 cm³/mol. The molecule has 10 rings (SSSR count). The molecule has 0 saturated carbocycles. The number of benzene rings is 8. The molecule has 8 aromatic carbocycles. The third kappa shape index (κ3) is 7.87. The third-order valence-electron chi connectivity index (χ3n) is 10.7. The van der Waals surface area contributed by atoms with Crippen LogP contribution in [0, 0.1) is 27.7 Å². The Hall–Kier alpha value is -6.36. The standard InChI is InChI=1S/C27H22O.C18H11BrO.C8H11N/c1-18-8-5-9-19(2)25(18)17-20-10-6-11-21(16-20)22-13-7-14-24-23-12-3-4-15-26(23)28-27(22)24;19-13-6-3-5-12(11-13)14-8-4-9-16-15-7-1-2-10-17(15)20-18(14)16;1-6-4-3-5-7(2)8(6)9/h3-16H,17H2,1-2H3;1-11H;3-5H,9H2,1-2H3. The van der Waals surface area contributed by atoms with Crippen molar-refractivity contribution in [2.45, 2.75) is 34.1 Å². The van der Waals surface area contributed by atoms with Crippen LogP contribution in [0.5, 0.6) is 0 Å². The highest BCUT2D eigenvalue weighted by Crippen LogP contribution is 2.37. The summed E-state index contributed by atoms with van der Waals surface area (Å²) in [6.45, 7) is 8.42. The second-order valence-electron chi connectivity index (χ2n) is 14.6. The van der Waals surface area contributed by atoms with Gasteiger partial charge in [-0.05, 0) is 103 Å². The maximum absolute atomic E-state index is 6.23. The van der Waals surface area contributed by atoms with Crippen LogP contribution in [0.15, 0.2) is 183 Å². The number of hydrogen-bond donors (Lipinski definition) is 1. The van der Waals surface area contributed by atoms with E-state index in [2.05, 4.69) is 139 Å². The molecule has 4 heteroatoms. The van der Waals surface area contributed by atoms with E-state index in [9.17, 15) is 0 Å². The van der Waals surface area contributed by atoms with E-state index in [1.165, 1.54) is 44.0 Å². The van der Waals surface area contributed by atoms with Crippen LogP contribution in [0.1, 0.15) is 33.4 Å². The van der Waals surface area contributed by atoms with Crippen molar-refractivity contribution in [1.82, 2.24) is 0 Å². The molecule has 57 heavy (non-hydrogen) atoms. The lowest BCUT2D eigenvalue weighted by Crippen LogP contribution is -1.95. The molecule has 2 heterocycles. The Morgan fingerprint density at radius 3 is 1.40 bits per heavy atom. The van der Waals surface area contributed by atoms with Gasteiger partial charge in [0.25, 0.3) is 0 Å². The zero-order chi connectivity index (χ0) is 39.5. The molecule has 2 aromatic heterocycles. The first-order valence-corrected chi connectivity index (χ1v) is 20.1. The summed E-state index contributed by atoms with van der Waals surface area (Å²) >= 11 is 3.53. The Morgan fingerprint density at radius 1 is 0.439 bits per heavy atom. The first kappa shape index (κ1) is 37.6. The van der Waals surface area contributed by atoms with Gasteiger partial charge in [-0.25, -0.2) is 0 Å². The van der Waals surface area contributed by atoms with Gasteiger partial charge in [0.15, 0.2) is 0 Å². The Labute approximate surface area is 342 Å². The normalized spacial score (nSPS) is 11.0. The fourth-order valence-corrected chi connectivity index (χ4v) is 8.01. The SMILES string of the molecule is Brc1cccc(-c2cccc3c2oc2ccccc23)c1.Cc1cccc(C)c1Cc1cccc(-c2cccc3c2oc2ccccc23)c1.Cc1cccc(C)c1N. The summed E-state index contributed by atoms with van der Waals surface area (Å²) in [5.41, 5.74) is 22.8. The number of aryl methyl sites for hydroxylation is 4. The quantitative estimate of drug-likeness (QED) is 0.180. The lowest BCUT2D eigenvalue weighted by atomic mass is 9.94. The molecule has 0 radical (unpaired) electrons. The second-order valence-corrected chi connectivity index (χ2v) is 15.5. The van der Waals surface area contributed by atoms with Gasteiger partial charge in [-0.1, -0.05) is 162 Å². The minimum atomic E-state index is 0.914. The first-order chi connectivity index (χ1) is 27.7. The monoisotopic (exact) mass is 805 g/mol. The van der Waals surface area contributed by atoms with Crippen LogP contribution < -0.4 is 5.73 Å². The molecule has 0 unspecified atom stereocenters. The van der Waals surface area contributed by atoms with Crippen LogP contribution in [0.25, 0.3) is 66.1 Å². The molecule has 0 bridgehead atoms. The maximum Gasteiger partial charge on any atom is 0.143 e. The van der Waals surface area contributed by atoms with Crippen molar-refractivity contribution in [2.24, 2.45) is 0 Å². The summed E-state index contributed by atoms with van der Waals surface area (Å²) in [5.74, 6) is 0. The van der Waals surface area contributed by atoms with Gasteiger partial charge in [0, 0.05) is 42.8 Å². The number of nitrogen functional groups attached to an aromatic ring is 1. The summed E-state index contributed by atoms with van der Waals surface area (Å²) in [5, 5.41) is 4.68. The molecular weight excluding hydrogens is 762 g/mol. The van der Waals surface area contributed by atoms with Crippen LogP contribution in [-0.4, -0.2) is 0 Å². The number of fused-ring (bicyclic) bond motifs is 6. The summed E-state index contributed by atoms with van der Waals surface area (Å²) in [6.07, 6.45) is 0.947. The van der Waals surface area contributed by atoms with Crippen LogP contribution in [0.2, 0.25) is 0 Å². The molecule has 3 nitrogen and oxygen atoms in total. The largest absolute Gasteiger partial charge is 0.455 e. The van der Waals surface area contributed by atoms with Gasteiger partial charge in [0.2, 0.25) is 0 Å². The van der Waals surface area contributed by atoms with Crippen molar-refractivity contribution in [1.29, 1.82) is 0 Å². The van der Waals surface area contributed by atoms with Gasteiger partial charge in [0.1, 0.15) is 22.3 Å². The van der Waals surface area contributed by atoms with Gasteiger partial charge in [-0.3, -0.25) is 0 Å². The summed E-state index contributed by atoms with van der Waals surface area (Å²) in [4.78, 5) is 0. The molecular formula is C53H44BrNO2. The van der Waals surface area contributed by atoms with Crippen LogP contribution in [-0.2, 0) is 6.42 Å². The number of furan rings is 2. The molecule has 0 aliphatic heterocycles. The van der Waals surface area contributed by atoms with Gasteiger partial charge in [-0.15, -0.1) is 0 Å². The Balaban J connectivity index is 0.000000136. The van der Waals surface area contributed by atoms with Crippen molar-refractivity contribution in [3.63, 3.8) is 0 Å². The number of rotatable bonds is 4. The molecule has 0 aliphatic rings. The van der Waals surface area contributed by atoms with E-state index in [-0.39, 0.29) is 0 Å². The van der Waals surface area contributed by atoms with Gasteiger partial charge < -0.3 is 14.6 Å². The van der Waals surface area contributed by atoms with Gasteiger partial charge in [0.05, 0.1) is 0 Å². The lowest BCUT2D eigenvalue weighted by molar-refractivity contribution is 0.669. The van der Waals surface area contributed by atoms with Crippen molar-refractivity contribution in [2.75, 3.05) is 5.73 Å².